The number of aromatic nitrogens is 2. The van der Waals surface area contributed by atoms with Crippen molar-refractivity contribution in [1.29, 1.82) is 0 Å². The first-order chi connectivity index (χ1) is 10.1. The minimum Gasteiger partial charge on any atom is -0.349 e. The number of nitrogens with one attached hydrogen (secondary N) is 1. The number of aliphatic imine (C=N–C) groups is 1. The van der Waals surface area contributed by atoms with Gasteiger partial charge in [0.15, 0.2) is 11.8 Å². The van der Waals surface area contributed by atoms with Gasteiger partial charge in [0.25, 0.3) is 0 Å². The van der Waals surface area contributed by atoms with Gasteiger partial charge in [0.1, 0.15) is 0 Å². The van der Waals surface area contributed by atoms with Gasteiger partial charge in [-0.1, -0.05) is 35.0 Å². The smallest absolute Gasteiger partial charge is 0.223 e. The Hall–Kier alpha value is -2.37. The molecule has 21 heavy (non-hydrogen) atoms. The summed E-state index contributed by atoms with van der Waals surface area (Å²) in [4.78, 5) is 10.5. The van der Waals surface area contributed by atoms with Crippen molar-refractivity contribution in [2.75, 3.05) is 14.1 Å². The molecule has 1 aromatic carbocycles. The van der Waals surface area contributed by atoms with Gasteiger partial charge in [-0.05, 0) is 12.5 Å². The molecule has 0 bridgehead atoms. The normalized spacial score (nSPS) is 11.5. The van der Waals surface area contributed by atoms with Crippen LogP contribution in [0.5, 0.6) is 0 Å². The lowest BCUT2D eigenvalue weighted by atomic mass is 10.1. The summed E-state index contributed by atoms with van der Waals surface area (Å²) in [6.45, 7) is 5.13. The second-order valence-electron chi connectivity index (χ2n) is 4.97. The molecule has 0 saturated carbocycles. The van der Waals surface area contributed by atoms with E-state index in [1.165, 1.54) is 11.1 Å². The summed E-state index contributed by atoms with van der Waals surface area (Å²) in [5, 5.41) is 7.07. The first-order valence-electron chi connectivity index (χ1n) is 6.85. The van der Waals surface area contributed by atoms with Crippen molar-refractivity contribution in [1.82, 2.24) is 20.4 Å². The number of nitrogens with zero attached hydrogens (tertiary/aromatic N) is 4. The van der Waals surface area contributed by atoms with Gasteiger partial charge >= 0.3 is 0 Å². The molecule has 0 aliphatic carbocycles. The summed E-state index contributed by atoms with van der Waals surface area (Å²) in [7, 11) is 3.76. The summed E-state index contributed by atoms with van der Waals surface area (Å²) in [5.74, 6) is 1.98. The maximum absolute atomic E-state index is 4.94. The van der Waals surface area contributed by atoms with Gasteiger partial charge in [0, 0.05) is 27.6 Å². The Morgan fingerprint density at radius 2 is 2.00 bits per heavy atom. The Morgan fingerprint density at radius 3 is 2.57 bits per heavy atom. The highest BCUT2D eigenvalue weighted by Gasteiger charge is 2.08. The van der Waals surface area contributed by atoms with Gasteiger partial charge in [-0.25, -0.2) is 0 Å². The molecule has 6 heteroatoms. The Balaban J connectivity index is 1.92. The Kier molecular flexibility index (Phi) is 4.92. The van der Waals surface area contributed by atoms with Crippen LogP contribution in [0, 0.1) is 13.8 Å². The third-order valence-electron chi connectivity index (χ3n) is 3.09. The topological polar surface area (TPSA) is 66.5 Å². The van der Waals surface area contributed by atoms with E-state index in [1.54, 1.807) is 14.0 Å². The van der Waals surface area contributed by atoms with Crippen molar-refractivity contribution >= 4 is 5.96 Å². The van der Waals surface area contributed by atoms with Gasteiger partial charge in [-0.15, -0.1) is 0 Å². The van der Waals surface area contributed by atoms with E-state index in [0.717, 1.165) is 12.5 Å². The number of rotatable bonds is 4. The lowest BCUT2D eigenvalue weighted by Gasteiger charge is -2.21. The largest absolute Gasteiger partial charge is 0.349 e. The molecule has 0 aliphatic heterocycles. The molecule has 0 unspecified atom stereocenters. The van der Waals surface area contributed by atoms with E-state index in [1.807, 2.05) is 7.05 Å². The Bertz CT molecular complexity index is 603. The first-order valence-corrected chi connectivity index (χ1v) is 6.85. The van der Waals surface area contributed by atoms with Crippen LogP contribution >= 0.6 is 0 Å². The van der Waals surface area contributed by atoms with Crippen molar-refractivity contribution in [3.63, 3.8) is 0 Å². The standard InChI is InChI=1S/C15H21N5O/c1-11-5-7-13(8-6-11)10-20(4)15(16-3)17-9-14-18-12(2)21-19-14/h5-8H,9-10H2,1-4H3,(H,16,17). The molecular formula is C15H21N5O. The number of hydrogen-bond donors (Lipinski definition) is 1. The Morgan fingerprint density at radius 1 is 1.29 bits per heavy atom. The van der Waals surface area contributed by atoms with Crippen LogP contribution in [-0.2, 0) is 13.1 Å². The first kappa shape index (κ1) is 15.0. The molecule has 0 radical (unpaired) electrons. The summed E-state index contributed by atoms with van der Waals surface area (Å²) in [5.41, 5.74) is 2.50. The average Bonchev–Trinajstić information content (AvgIpc) is 2.88. The zero-order valence-electron chi connectivity index (χ0n) is 12.9. The van der Waals surface area contributed by atoms with Crippen LogP contribution in [0.15, 0.2) is 33.8 Å². The molecule has 0 amide bonds. The molecule has 0 aliphatic rings. The molecule has 2 rings (SSSR count). The van der Waals surface area contributed by atoms with E-state index < -0.39 is 0 Å². The van der Waals surface area contributed by atoms with Crippen molar-refractivity contribution in [3.8, 4) is 0 Å². The van der Waals surface area contributed by atoms with Crippen LogP contribution in [0.25, 0.3) is 0 Å². The molecule has 112 valence electrons. The van der Waals surface area contributed by atoms with Gasteiger partial charge in [-0.3, -0.25) is 4.99 Å². The van der Waals surface area contributed by atoms with Gasteiger partial charge < -0.3 is 14.7 Å². The van der Waals surface area contributed by atoms with E-state index in [0.29, 0.717) is 18.3 Å². The highest BCUT2D eigenvalue weighted by Crippen LogP contribution is 2.06. The molecule has 2 aromatic rings. The lowest BCUT2D eigenvalue weighted by molar-refractivity contribution is 0.386. The fraction of sp³-hybridized carbons (Fsp3) is 0.400. The average molecular weight is 287 g/mol. The number of guanidine groups is 1. The molecule has 1 aromatic heterocycles. The third kappa shape index (κ3) is 4.30. The van der Waals surface area contributed by atoms with Crippen LogP contribution in [0.1, 0.15) is 22.8 Å². The van der Waals surface area contributed by atoms with E-state index in [-0.39, 0.29) is 0 Å². The molecule has 1 heterocycles. The van der Waals surface area contributed by atoms with Crippen LogP contribution < -0.4 is 5.32 Å². The highest BCUT2D eigenvalue weighted by atomic mass is 16.5. The van der Waals surface area contributed by atoms with Crippen molar-refractivity contribution < 1.29 is 4.52 Å². The molecule has 6 nitrogen and oxygen atoms in total. The van der Waals surface area contributed by atoms with Crippen LogP contribution in [0.2, 0.25) is 0 Å². The van der Waals surface area contributed by atoms with Crippen LogP contribution in [-0.4, -0.2) is 35.1 Å². The highest BCUT2D eigenvalue weighted by molar-refractivity contribution is 5.79. The van der Waals surface area contributed by atoms with Gasteiger partial charge in [-0.2, -0.15) is 4.98 Å². The number of hydrogen-bond acceptors (Lipinski definition) is 4. The van der Waals surface area contributed by atoms with Gasteiger partial charge in [0.2, 0.25) is 5.89 Å². The second kappa shape index (κ2) is 6.88. The quantitative estimate of drug-likeness (QED) is 0.687. The predicted octanol–water partition coefficient (Wildman–Crippen LogP) is 1.89. The van der Waals surface area contributed by atoms with E-state index in [9.17, 15) is 0 Å². The summed E-state index contributed by atoms with van der Waals surface area (Å²) in [6.07, 6.45) is 0. The molecule has 0 saturated heterocycles. The summed E-state index contributed by atoms with van der Waals surface area (Å²) < 4.78 is 4.94. The van der Waals surface area contributed by atoms with Crippen molar-refractivity contribution in [2.24, 2.45) is 4.99 Å². The van der Waals surface area contributed by atoms with E-state index in [4.69, 9.17) is 4.52 Å². The van der Waals surface area contributed by atoms with Crippen LogP contribution in [0.3, 0.4) is 0 Å². The molecule has 0 atom stereocenters. The zero-order valence-corrected chi connectivity index (χ0v) is 12.9. The third-order valence-corrected chi connectivity index (χ3v) is 3.09. The lowest BCUT2D eigenvalue weighted by Crippen LogP contribution is -2.38. The van der Waals surface area contributed by atoms with Gasteiger partial charge in [0.05, 0.1) is 6.54 Å². The minimum absolute atomic E-state index is 0.488. The van der Waals surface area contributed by atoms with E-state index in [2.05, 4.69) is 56.5 Å². The maximum atomic E-state index is 4.94. The molecular weight excluding hydrogens is 266 g/mol. The fourth-order valence-corrected chi connectivity index (χ4v) is 2.00. The monoisotopic (exact) mass is 287 g/mol. The van der Waals surface area contributed by atoms with E-state index >= 15 is 0 Å². The zero-order chi connectivity index (χ0) is 15.2. The fourth-order valence-electron chi connectivity index (χ4n) is 2.00. The molecule has 0 fully saturated rings. The molecule has 0 spiro atoms. The minimum atomic E-state index is 0.488. The number of benzene rings is 1. The SMILES string of the molecule is CN=C(NCc1noc(C)n1)N(C)Cc1ccc(C)cc1. The molecule has 1 N–H and O–H groups in total. The van der Waals surface area contributed by atoms with Crippen molar-refractivity contribution in [2.45, 2.75) is 26.9 Å². The second-order valence-corrected chi connectivity index (χ2v) is 4.97. The summed E-state index contributed by atoms with van der Waals surface area (Å²) >= 11 is 0. The number of aryl methyl sites for hydroxylation is 2. The van der Waals surface area contributed by atoms with Crippen molar-refractivity contribution in [3.05, 3.63) is 47.1 Å². The van der Waals surface area contributed by atoms with Crippen LogP contribution in [0.4, 0.5) is 0 Å². The predicted molar refractivity (Wildman–Crippen MR) is 81.9 cm³/mol. The Labute approximate surface area is 124 Å². The summed E-state index contributed by atoms with van der Waals surface area (Å²) in [6, 6.07) is 8.48. The maximum Gasteiger partial charge on any atom is 0.223 e.